The molecule has 4 amide bonds. The van der Waals surface area contributed by atoms with Crippen LogP contribution in [0, 0.1) is 0 Å². The number of carbonyl (C=O) groups excluding carboxylic acids is 3. The number of rotatable bonds is 2. The summed E-state index contributed by atoms with van der Waals surface area (Å²) in [4.78, 5) is 33.9. The highest BCUT2D eigenvalue weighted by Gasteiger charge is 2.22. The molecule has 0 heterocycles. The van der Waals surface area contributed by atoms with Crippen molar-refractivity contribution in [1.82, 2.24) is 4.90 Å². The molecule has 0 radical (unpaired) electrons. The van der Waals surface area contributed by atoms with Gasteiger partial charge in [-0.2, -0.15) is 0 Å². The number of benzene rings is 1. The minimum Gasteiger partial charge on any atom is -0.351 e. The SMILES string of the molecule is CC(=O)N(C(N)=O)C(=O)Cc1ccccc1. The van der Waals surface area contributed by atoms with E-state index < -0.39 is 17.8 Å². The van der Waals surface area contributed by atoms with E-state index in [0.717, 1.165) is 12.5 Å². The Morgan fingerprint density at radius 2 is 1.75 bits per heavy atom. The molecular formula is C11H12N2O3. The Balaban J connectivity index is 2.78. The summed E-state index contributed by atoms with van der Waals surface area (Å²) in [5.74, 6) is -1.29. The molecule has 0 unspecified atom stereocenters. The third kappa shape index (κ3) is 2.91. The van der Waals surface area contributed by atoms with E-state index in [-0.39, 0.29) is 6.42 Å². The number of hydrogen-bond acceptors (Lipinski definition) is 3. The van der Waals surface area contributed by atoms with Gasteiger partial charge >= 0.3 is 6.03 Å². The zero-order valence-electron chi connectivity index (χ0n) is 8.84. The first-order valence-corrected chi connectivity index (χ1v) is 4.69. The molecule has 0 aliphatic rings. The van der Waals surface area contributed by atoms with Gasteiger partial charge in [-0.1, -0.05) is 30.3 Å². The summed E-state index contributed by atoms with van der Waals surface area (Å²) in [6, 6.07) is 7.77. The fourth-order valence-electron chi connectivity index (χ4n) is 1.30. The van der Waals surface area contributed by atoms with E-state index in [1.165, 1.54) is 0 Å². The van der Waals surface area contributed by atoms with Crippen LogP contribution in [0.25, 0.3) is 0 Å². The van der Waals surface area contributed by atoms with Crippen LogP contribution in [0.1, 0.15) is 12.5 Å². The van der Waals surface area contributed by atoms with Gasteiger partial charge in [0.15, 0.2) is 0 Å². The van der Waals surface area contributed by atoms with Crippen molar-refractivity contribution in [3.63, 3.8) is 0 Å². The molecule has 1 aromatic rings. The van der Waals surface area contributed by atoms with Crippen LogP contribution < -0.4 is 5.73 Å². The number of carbonyl (C=O) groups is 3. The molecule has 0 spiro atoms. The Kier molecular flexibility index (Phi) is 3.77. The summed E-state index contributed by atoms with van der Waals surface area (Å²) in [5, 5.41) is 0. The topological polar surface area (TPSA) is 80.5 Å². The highest BCUT2D eigenvalue weighted by molar-refractivity contribution is 6.09. The minimum absolute atomic E-state index is 0.0244. The lowest BCUT2D eigenvalue weighted by Crippen LogP contribution is -2.44. The summed E-state index contributed by atoms with van der Waals surface area (Å²) in [6.45, 7) is 1.12. The van der Waals surface area contributed by atoms with Crippen LogP contribution in [0.4, 0.5) is 4.79 Å². The summed E-state index contributed by atoms with van der Waals surface area (Å²) in [7, 11) is 0. The molecule has 0 aromatic heterocycles. The summed E-state index contributed by atoms with van der Waals surface area (Å²) in [5.41, 5.74) is 5.66. The zero-order chi connectivity index (χ0) is 12.1. The maximum Gasteiger partial charge on any atom is 0.328 e. The summed E-state index contributed by atoms with van der Waals surface area (Å²) in [6.07, 6.45) is -0.0244. The van der Waals surface area contributed by atoms with Gasteiger partial charge in [0.2, 0.25) is 11.8 Å². The van der Waals surface area contributed by atoms with Crippen molar-refractivity contribution in [3.05, 3.63) is 35.9 Å². The Labute approximate surface area is 92.8 Å². The van der Waals surface area contributed by atoms with Gasteiger partial charge in [-0.15, -0.1) is 0 Å². The van der Waals surface area contributed by atoms with Crippen LogP contribution in [0.3, 0.4) is 0 Å². The second-order valence-electron chi connectivity index (χ2n) is 3.25. The van der Waals surface area contributed by atoms with Crippen molar-refractivity contribution in [2.75, 3.05) is 0 Å². The quantitative estimate of drug-likeness (QED) is 0.795. The molecule has 0 saturated heterocycles. The third-order valence-electron chi connectivity index (χ3n) is 1.98. The maximum atomic E-state index is 11.6. The zero-order valence-corrected chi connectivity index (χ0v) is 8.84. The molecule has 1 rings (SSSR count). The lowest BCUT2D eigenvalue weighted by Gasteiger charge is -2.14. The van der Waals surface area contributed by atoms with Gasteiger partial charge in [-0.25, -0.2) is 9.69 Å². The predicted octanol–water partition coefficient (Wildman–Crippen LogP) is 0.683. The van der Waals surface area contributed by atoms with Crippen LogP contribution in [-0.2, 0) is 16.0 Å². The van der Waals surface area contributed by atoms with E-state index in [2.05, 4.69) is 0 Å². The average molecular weight is 220 g/mol. The number of amides is 4. The number of nitrogens with zero attached hydrogens (tertiary/aromatic N) is 1. The molecule has 0 fully saturated rings. The summed E-state index contributed by atoms with van der Waals surface area (Å²) < 4.78 is 0. The molecule has 0 aliphatic carbocycles. The Hall–Kier alpha value is -2.17. The third-order valence-corrected chi connectivity index (χ3v) is 1.98. The van der Waals surface area contributed by atoms with E-state index in [9.17, 15) is 14.4 Å². The van der Waals surface area contributed by atoms with Gasteiger partial charge in [-0.05, 0) is 5.56 Å². The molecule has 5 heteroatoms. The van der Waals surface area contributed by atoms with E-state index in [1.54, 1.807) is 24.3 Å². The molecular weight excluding hydrogens is 208 g/mol. The molecule has 16 heavy (non-hydrogen) atoms. The first-order chi connectivity index (χ1) is 7.52. The van der Waals surface area contributed by atoms with Crippen molar-refractivity contribution in [1.29, 1.82) is 0 Å². The van der Waals surface area contributed by atoms with E-state index >= 15 is 0 Å². The molecule has 0 saturated carbocycles. The van der Waals surface area contributed by atoms with Crippen LogP contribution in [0.5, 0.6) is 0 Å². The van der Waals surface area contributed by atoms with Gasteiger partial charge in [0.05, 0.1) is 6.42 Å². The van der Waals surface area contributed by atoms with E-state index in [4.69, 9.17) is 5.73 Å². The van der Waals surface area contributed by atoms with Crippen LogP contribution in [0.15, 0.2) is 30.3 Å². The fourth-order valence-corrected chi connectivity index (χ4v) is 1.30. The lowest BCUT2D eigenvalue weighted by molar-refractivity contribution is -0.138. The molecule has 2 N–H and O–H groups in total. The van der Waals surface area contributed by atoms with E-state index in [0.29, 0.717) is 4.90 Å². The Bertz CT molecular complexity index is 400. The van der Waals surface area contributed by atoms with Gasteiger partial charge < -0.3 is 5.73 Å². The van der Waals surface area contributed by atoms with Crippen LogP contribution in [-0.4, -0.2) is 22.7 Å². The smallest absolute Gasteiger partial charge is 0.328 e. The minimum atomic E-state index is -1.05. The molecule has 1 aromatic carbocycles. The van der Waals surface area contributed by atoms with Crippen molar-refractivity contribution < 1.29 is 14.4 Å². The summed E-state index contributed by atoms with van der Waals surface area (Å²) >= 11 is 0. The predicted molar refractivity (Wildman–Crippen MR) is 57.3 cm³/mol. The van der Waals surface area contributed by atoms with Gasteiger partial charge in [0.25, 0.3) is 0 Å². The second kappa shape index (κ2) is 5.06. The van der Waals surface area contributed by atoms with Gasteiger partial charge in [-0.3, -0.25) is 9.59 Å². The van der Waals surface area contributed by atoms with Crippen LogP contribution >= 0.6 is 0 Å². The number of primary amides is 1. The van der Waals surface area contributed by atoms with Crippen molar-refractivity contribution in [2.24, 2.45) is 5.73 Å². The van der Waals surface area contributed by atoms with Crippen molar-refractivity contribution >= 4 is 17.8 Å². The Morgan fingerprint density at radius 1 is 1.19 bits per heavy atom. The number of nitrogens with two attached hydrogens (primary N) is 1. The van der Waals surface area contributed by atoms with Crippen molar-refractivity contribution in [3.8, 4) is 0 Å². The number of imide groups is 3. The first-order valence-electron chi connectivity index (χ1n) is 4.69. The second-order valence-corrected chi connectivity index (χ2v) is 3.25. The average Bonchev–Trinajstić information content (AvgIpc) is 2.17. The largest absolute Gasteiger partial charge is 0.351 e. The van der Waals surface area contributed by atoms with Gasteiger partial charge in [0, 0.05) is 6.92 Å². The molecule has 84 valence electrons. The van der Waals surface area contributed by atoms with E-state index in [1.807, 2.05) is 6.07 Å². The Morgan fingerprint density at radius 3 is 2.19 bits per heavy atom. The highest BCUT2D eigenvalue weighted by Crippen LogP contribution is 2.03. The number of urea groups is 1. The normalized spacial score (nSPS) is 9.56. The fraction of sp³-hybridized carbons (Fsp3) is 0.182. The monoisotopic (exact) mass is 220 g/mol. The molecule has 0 atom stereocenters. The van der Waals surface area contributed by atoms with Crippen molar-refractivity contribution in [2.45, 2.75) is 13.3 Å². The first kappa shape index (κ1) is 11.9. The van der Waals surface area contributed by atoms with Gasteiger partial charge in [0.1, 0.15) is 0 Å². The lowest BCUT2D eigenvalue weighted by atomic mass is 10.1. The maximum absolute atomic E-state index is 11.6. The number of hydrogen-bond donors (Lipinski definition) is 1. The molecule has 0 aliphatic heterocycles. The standard InChI is InChI=1S/C11H12N2O3/c1-8(14)13(11(12)16)10(15)7-9-5-3-2-4-6-9/h2-6H,7H2,1H3,(H2,12,16). The van der Waals surface area contributed by atoms with Crippen LogP contribution in [0.2, 0.25) is 0 Å². The molecule has 5 nitrogen and oxygen atoms in total. The highest BCUT2D eigenvalue weighted by atomic mass is 16.2. The molecule has 0 bridgehead atoms.